The van der Waals surface area contributed by atoms with Crippen LogP contribution < -0.4 is 0 Å². The molecule has 0 spiro atoms. The molecule has 0 saturated heterocycles. The second-order valence-corrected chi connectivity index (χ2v) is 7.04. The van der Waals surface area contributed by atoms with Gasteiger partial charge < -0.3 is 14.4 Å². The highest BCUT2D eigenvalue weighted by Crippen LogP contribution is 2.50. The first-order chi connectivity index (χ1) is 14.3. The fraction of sp³-hybridized carbons (Fsp3) is 0.286. The standard InChI is InChI=1S/C21H17F6NO3/c1-12-9-15-10-16(19(30,20(22,23)24)21(25,26)27)7-8-17(15)28(12)11-13-3-5-14(6-4-13)18(29)31-2/h3-10,30H,11H2,1-2H3. The lowest BCUT2D eigenvalue weighted by atomic mass is 9.91. The van der Waals surface area contributed by atoms with Gasteiger partial charge in [-0.2, -0.15) is 26.3 Å². The number of hydrogen-bond acceptors (Lipinski definition) is 3. The van der Waals surface area contributed by atoms with Crippen molar-refractivity contribution in [2.45, 2.75) is 31.4 Å². The van der Waals surface area contributed by atoms with Crippen molar-refractivity contribution < 1.29 is 41.0 Å². The van der Waals surface area contributed by atoms with E-state index in [2.05, 4.69) is 4.74 Å². The Morgan fingerprint density at radius 2 is 1.55 bits per heavy atom. The van der Waals surface area contributed by atoms with E-state index in [4.69, 9.17) is 0 Å². The number of alkyl halides is 6. The molecule has 0 unspecified atom stereocenters. The van der Waals surface area contributed by atoms with Crippen LogP contribution in [-0.2, 0) is 16.9 Å². The smallest absolute Gasteiger partial charge is 0.430 e. The van der Waals surface area contributed by atoms with E-state index in [9.17, 15) is 36.2 Å². The van der Waals surface area contributed by atoms with Gasteiger partial charge in [0.1, 0.15) is 0 Å². The molecule has 0 fully saturated rings. The summed E-state index contributed by atoms with van der Waals surface area (Å²) in [4.78, 5) is 11.5. The van der Waals surface area contributed by atoms with Crippen LogP contribution in [0.2, 0.25) is 0 Å². The SMILES string of the molecule is COC(=O)c1ccc(Cn2c(C)cc3cc(C(O)(C(F)(F)F)C(F)(F)F)ccc32)cc1. The van der Waals surface area contributed by atoms with Crippen LogP contribution >= 0.6 is 0 Å². The molecule has 0 atom stereocenters. The predicted octanol–water partition coefficient (Wildman–Crippen LogP) is 5.10. The Morgan fingerprint density at radius 3 is 2.06 bits per heavy atom. The molecule has 1 N–H and O–H groups in total. The number of halogens is 6. The number of nitrogens with zero attached hydrogens (tertiary/aromatic N) is 1. The molecule has 4 nitrogen and oxygen atoms in total. The largest absolute Gasteiger partial charge is 0.465 e. The molecule has 166 valence electrons. The fourth-order valence-corrected chi connectivity index (χ4v) is 3.38. The van der Waals surface area contributed by atoms with Gasteiger partial charge in [0, 0.05) is 28.7 Å². The number of aryl methyl sites for hydroxylation is 1. The summed E-state index contributed by atoms with van der Waals surface area (Å²) in [6, 6.07) is 10.3. The molecule has 10 heteroatoms. The highest BCUT2D eigenvalue weighted by atomic mass is 19.4. The van der Waals surface area contributed by atoms with Gasteiger partial charge >= 0.3 is 18.3 Å². The quantitative estimate of drug-likeness (QED) is 0.449. The van der Waals surface area contributed by atoms with Gasteiger partial charge in [-0.25, -0.2) is 4.79 Å². The zero-order chi connectivity index (χ0) is 23.2. The monoisotopic (exact) mass is 445 g/mol. The highest BCUT2D eigenvalue weighted by Gasteiger charge is 2.71. The van der Waals surface area contributed by atoms with Gasteiger partial charge in [-0.3, -0.25) is 0 Å². The average molecular weight is 445 g/mol. The fourth-order valence-electron chi connectivity index (χ4n) is 3.38. The molecule has 2 aromatic carbocycles. The average Bonchev–Trinajstić information content (AvgIpc) is 3.00. The van der Waals surface area contributed by atoms with Gasteiger partial charge in [-0.1, -0.05) is 18.2 Å². The van der Waals surface area contributed by atoms with Crippen molar-refractivity contribution in [3.05, 3.63) is 70.9 Å². The van der Waals surface area contributed by atoms with Crippen molar-refractivity contribution in [3.8, 4) is 0 Å². The summed E-state index contributed by atoms with van der Waals surface area (Å²) in [7, 11) is 1.25. The van der Waals surface area contributed by atoms with Gasteiger partial charge in [0.15, 0.2) is 0 Å². The third kappa shape index (κ3) is 3.87. The van der Waals surface area contributed by atoms with E-state index in [-0.39, 0.29) is 11.9 Å². The van der Waals surface area contributed by atoms with Crippen LogP contribution in [0, 0.1) is 6.92 Å². The van der Waals surface area contributed by atoms with Gasteiger partial charge in [-0.05, 0) is 42.8 Å². The summed E-state index contributed by atoms with van der Waals surface area (Å²) < 4.78 is 85.3. The molecule has 0 amide bonds. The maximum atomic E-state index is 13.2. The zero-order valence-corrected chi connectivity index (χ0v) is 16.3. The first-order valence-electron chi connectivity index (χ1n) is 8.93. The predicted molar refractivity (Wildman–Crippen MR) is 99.6 cm³/mol. The number of esters is 1. The topological polar surface area (TPSA) is 51.5 Å². The molecular formula is C21H17F6NO3. The Kier molecular flexibility index (Phi) is 5.56. The lowest BCUT2D eigenvalue weighted by Gasteiger charge is -2.32. The molecule has 0 aliphatic heterocycles. The minimum atomic E-state index is -5.95. The Morgan fingerprint density at radius 1 is 0.968 bits per heavy atom. The molecule has 0 radical (unpaired) electrons. The Labute approximate surface area is 172 Å². The van der Waals surface area contributed by atoms with Gasteiger partial charge in [-0.15, -0.1) is 0 Å². The number of rotatable bonds is 4. The van der Waals surface area contributed by atoms with E-state index in [1.165, 1.54) is 13.2 Å². The summed E-state index contributed by atoms with van der Waals surface area (Å²) >= 11 is 0. The van der Waals surface area contributed by atoms with Crippen molar-refractivity contribution in [1.29, 1.82) is 0 Å². The minimum absolute atomic E-state index is 0.119. The van der Waals surface area contributed by atoms with Crippen molar-refractivity contribution in [2.24, 2.45) is 0 Å². The van der Waals surface area contributed by atoms with Crippen molar-refractivity contribution in [3.63, 3.8) is 0 Å². The van der Waals surface area contributed by atoms with Crippen molar-refractivity contribution in [1.82, 2.24) is 4.57 Å². The van der Waals surface area contributed by atoms with Crippen LogP contribution in [0.3, 0.4) is 0 Å². The lowest BCUT2D eigenvalue weighted by Crippen LogP contribution is -2.53. The van der Waals surface area contributed by atoms with Crippen molar-refractivity contribution in [2.75, 3.05) is 7.11 Å². The third-order valence-electron chi connectivity index (χ3n) is 5.06. The summed E-state index contributed by atoms with van der Waals surface area (Å²) in [5, 5.41) is 9.74. The van der Waals surface area contributed by atoms with E-state index >= 15 is 0 Å². The lowest BCUT2D eigenvalue weighted by molar-refractivity contribution is -0.376. The molecule has 0 bridgehead atoms. The molecule has 1 aromatic heterocycles. The Bertz CT molecular complexity index is 1100. The van der Waals surface area contributed by atoms with Crippen LogP contribution in [-0.4, -0.2) is 35.1 Å². The molecule has 0 aliphatic rings. The number of ether oxygens (including phenoxy) is 1. The first kappa shape index (κ1) is 22.7. The second kappa shape index (κ2) is 7.60. The normalized spacial score (nSPS) is 12.9. The molecule has 0 aliphatic carbocycles. The van der Waals surface area contributed by atoms with Crippen LogP contribution in [0.1, 0.15) is 27.2 Å². The summed E-state index contributed by atoms with van der Waals surface area (Å²) in [6.45, 7) is 1.92. The molecule has 0 saturated carbocycles. The van der Waals surface area contributed by atoms with Crippen LogP contribution in [0.25, 0.3) is 10.9 Å². The van der Waals surface area contributed by atoms with Crippen molar-refractivity contribution >= 4 is 16.9 Å². The molecule has 1 heterocycles. The number of aromatic nitrogens is 1. The van der Waals surface area contributed by atoms with E-state index < -0.39 is 29.5 Å². The molecule has 3 aromatic rings. The number of hydrogen-bond donors (Lipinski definition) is 1. The van der Waals surface area contributed by atoms with Gasteiger partial charge in [0.05, 0.1) is 12.7 Å². The molecule has 31 heavy (non-hydrogen) atoms. The van der Waals surface area contributed by atoms with E-state index in [1.54, 1.807) is 35.8 Å². The molecular weight excluding hydrogens is 428 g/mol. The summed E-state index contributed by atoms with van der Waals surface area (Å²) in [6.07, 6.45) is -11.9. The Hall–Kier alpha value is -3.01. The van der Waals surface area contributed by atoms with Crippen LogP contribution in [0.5, 0.6) is 0 Å². The number of carbonyl (C=O) groups excluding carboxylic acids is 1. The summed E-state index contributed by atoms with van der Waals surface area (Å²) in [5.41, 5.74) is -4.22. The zero-order valence-electron chi connectivity index (χ0n) is 16.3. The summed E-state index contributed by atoms with van der Waals surface area (Å²) in [5.74, 6) is -0.511. The number of fused-ring (bicyclic) bond motifs is 1. The van der Waals surface area contributed by atoms with E-state index in [0.29, 0.717) is 28.9 Å². The number of benzene rings is 2. The third-order valence-corrected chi connectivity index (χ3v) is 5.06. The Balaban J connectivity index is 2.02. The first-order valence-corrected chi connectivity index (χ1v) is 8.93. The van der Waals surface area contributed by atoms with Crippen LogP contribution in [0.4, 0.5) is 26.3 Å². The minimum Gasteiger partial charge on any atom is -0.465 e. The number of carbonyl (C=O) groups is 1. The maximum absolute atomic E-state index is 13.2. The van der Waals surface area contributed by atoms with E-state index in [1.807, 2.05) is 0 Å². The van der Waals surface area contributed by atoms with E-state index in [0.717, 1.165) is 11.6 Å². The second-order valence-electron chi connectivity index (χ2n) is 7.04. The maximum Gasteiger partial charge on any atom is 0.430 e. The highest BCUT2D eigenvalue weighted by molar-refractivity contribution is 5.89. The van der Waals surface area contributed by atoms with Gasteiger partial charge in [0.25, 0.3) is 5.60 Å². The molecule has 3 rings (SSSR count). The van der Waals surface area contributed by atoms with Gasteiger partial charge in [0.2, 0.25) is 0 Å². The van der Waals surface area contributed by atoms with Crippen LogP contribution in [0.15, 0.2) is 48.5 Å². The number of aliphatic hydroxyl groups is 1. The number of methoxy groups -OCH3 is 1.